The van der Waals surface area contributed by atoms with Crippen molar-refractivity contribution in [3.63, 3.8) is 0 Å². The second-order valence-electron chi connectivity index (χ2n) is 4.39. The van der Waals surface area contributed by atoms with Gasteiger partial charge in [0, 0.05) is 18.2 Å². The highest BCUT2D eigenvalue weighted by molar-refractivity contribution is 5.65. The lowest BCUT2D eigenvalue weighted by Crippen LogP contribution is -2.00. The molecule has 0 aliphatic heterocycles. The van der Waals surface area contributed by atoms with Gasteiger partial charge < -0.3 is 10.5 Å². The number of pyridine rings is 1. The van der Waals surface area contributed by atoms with Gasteiger partial charge in [-0.3, -0.25) is 5.10 Å². The number of benzene rings is 1. The number of ether oxygens (including phenoxy) is 1. The largest absolute Gasteiger partial charge is 0.435 e. The predicted molar refractivity (Wildman–Crippen MR) is 76.2 cm³/mol. The number of nitrogens with two attached hydrogens (primary N) is 1. The molecule has 2 aromatic heterocycles. The molecule has 5 nitrogen and oxygen atoms in total. The Morgan fingerprint density at radius 1 is 1.14 bits per heavy atom. The highest BCUT2D eigenvalue weighted by Gasteiger charge is 2.11. The van der Waals surface area contributed by atoms with Crippen LogP contribution >= 0.6 is 0 Å². The van der Waals surface area contributed by atoms with Crippen molar-refractivity contribution in [3.05, 3.63) is 60.2 Å². The van der Waals surface area contributed by atoms with Crippen LogP contribution in [0, 0.1) is 5.82 Å². The molecule has 3 rings (SSSR count). The maximum absolute atomic E-state index is 13.0. The Morgan fingerprint density at radius 2 is 1.95 bits per heavy atom. The molecule has 2 heterocycles. The van der Waals surface area contributed by atoms with Crippen LogP contribution in [-0.2, 0) is 6.54 Å². The monoisotopic (exact) mass is 284 g/mol. The molecule has 0 bridgehead atoms. The van der Waals surface area contributed by atoms with Gasteiger partial charge in [0.1, 0.15) is 11.5 Å². The number of hydrogen-bond donors (Lipinski definition) is 2. The first-order chi connectivity index (χ1) is 10.3. The molecule has 0 saturated carbocycles. The number of aromatic amines is 1. The van der Waals surface area contributed by atoms with Crippen molar-refractivity contribution in [2.24, 2.45) is 5.73 Å². The Morgan fingerprint density at radius 3 is 2.71 bits per heavy atom. The third-order valence-corrected chi connectivity index (χ3v) is 2.94. The van der Waals surface area contributed by atoms with Gasteiger partial charge in [0.25, 0.3) is 0 Å². The van der Waals surface area contributed by atoms with Crippen LogP contribution in [0.25, 0.3) is 11.3 Å². The Balaban J connectivity index is 1.90. The SMILES string of the molecule is NCc1cccc(Oc2cn[nH]c2-c2ccc(F)cc2)n1. The van der Waals surface area contributed by atoms with Gasteiger partial charge in [-0.1, -0.05) is 6.07 Å². The minimum absolute atomic E-state index is 0.293. The topological polar surface area (TPSA) is 76.8 Å². The summed E-state index contributed by atoms with van der Waals surface area (Å²) in [6.07, 6.45) is 1.55. The van der Waals surface area contributed by atoms with Gasteiger partial charge >= 0.3 is 0 Å². The average molecular weight is 284 g/mol. The van der Waals surface area contributed by atoms with E-state index in [-0.39, 0.29) is 5.82 Å². The maximum atomic E-state index is 13.0. The van der Waals surface area contributed by atoms with Crippen LogP contribution in [0.4, 0.5) is 4.39 Å². The first kappa shape index (κ1) is 13.3. The van der Waals surface area contributed by atoms with E-state index >= 15 is 0 Å². The molecule has 0 saturated heterocycles. The van der Waals surface area contributed by atoms with Crippen molar-refractivity contribution in [1.29, 1.82) is 0 Å². The fraction of sp³-hybridized carbons (Fsp3) is 0.0667. The smallest absolute Gasteiger partial charge is 0.219 e. The molecule has 0 unspecified atom stereocenters. The molecule has 0 radical (unpaired) electrons. The van der Waals surface area contributed by atoms with E-state index in [9.17, 15) is 4.39 Å². The summed E-state index contributed by atoms with van der Waals surface area (Å²) in [5, 5.41) is 6.80. The van der Waals surface area contributed by atoms with Gasteiger partial charge in [-0.2, -0.15) is 5.10 Å². The highest BCUT2D eigenvalue weighted by Crippen LogP contribution is 2.30. The summed E-state index contributed by atoms with van der Waals surface area (Å²) in [5.41, 5.74) is 7.73. The lowest BCUT2D eigenvalue weighted by molar-refractivity contribution is 0.462. The molecule has 0 aliphatic rings. The first-order valence-corrected chi connectivity index (χ1v) is 6.39. The molecule has 21 heavy (non-hydrogen) atoms. The summed E-state index contributed by atoms with van der Waals surface area (Å²) in [5.74, 6) is 0.657. The van der Waals surface area contributed by atoms with E-state index in [1.54, 1.807) is 24.4 Å². The third-order valence-electron chi connectivity index (χ3n) is 2.94. The molecule has 0 fully saturated rings. The Kier molecular flexibility index (Phi) is 3.61. The molecular formula is C15H13FN4O. The van der Waals surface area contributed by atoms with E-state index in [4.69, 9.17) is 10.5 Å². The van der Waals surface area contributed by atoms with Crippen LogP contribution in [0.15, 0.2) is 48.7 Å². The minimum Gasteiger partial charge on any atom is -0.435 e. The van der Waals surface area contributed by atoms with Crippen LogP contribution in [0.3, 0.4) is 0 Å². The summed E-state index contributed by atoms with van der Waals surface area (Å²) in [4.78, 5) is 4.27. The zero-order valence-corrected chi connectivity index (χ0v) is 11.1. The van der Waals surface area contributed by atoms with Crippen molar-refractivity contribution < 1.29 is 9.13 Å². The normalized spacial score (nSPS) is 10.6. The average Bonchev–Trinajstić information content (AvgIpc) is 2.96. The summed E-state index contributed by atoms with van der Waals surface area (Å²) < 4.78 is 18.7. The summed E-state index contributed by atoms with van der Waals surface area (Å²) in [7, 11) is 0. The Labute approximate surface area is 120 Å². The van der Waals surface area contributed by atoms with Gasteiger partial charge in [-0.15, -0.1) is 0 Å². The van der Waals surface area contributed by atoms with E-state index < -0.39 is 0 Å². The van der Waals surface area contributed by atoms with Gasteiger partial charge in [-0.05, 0) is 30.3 Å². The van der Waals surface area contributed by atoms with Crippen molar-refractivity contribution in [2.75, 3.05) is 0 Å². The summed E-state index contributed by atoms with van der Waals surface area (Å²) in [6.45, 7) is 0.341. The van der Waals surface area contributed by atoms with Crippen LogP contribution in [0.5, 0.6) is 11.6 Å². The Hall–Kier alpha value is -2.73. The number of aromatic nitrogens is 3. The number of hydrogen-bond acceptors (Lipinski definition) is 4. The fourth-order valence-corrected chi connectivity index (χ4v) is 1.92. The third kappa shape index (κ3) is 2.90. The summed E-state index contributed by atoms with van der Waals surface area (Å²) in [6, 6.07) is 11.4. The fourth-order valence-electron chi connectivity index (χ4n) is 1.92. The standard InChI is InChI=1S/C15H13FN4O/c16-11-6-4-10(5-7-11)15-13(9-18-20-15)21-14-3-1-2-12(8-17)19-14/h1-7,9H,8,17H2,(H,18,20). The Bertz CT molecular complexity index is 739. The minimum atomic E-state index is -0.293. The lowest BCUT2D eigenvalue weighted by atomic mass is 10.1. The van der Waals surface area contributed by atoms with Crippen molar-refractivity contribution in [3.8, 4) is 22.9 Å². The van der Waals surface area contributed by atoms with Crippen LogP contribution in [-0.4, -0.2) is 15.2 Å². The molecule has 0 aliphatic carbocycles. The van der Waals surface area contributed by atoms with E-state index in [0.717, 1.165) is 11.3 Å². The maximum Gasteiger partial charge on any atom is 0.219 e. The predicted octanol–water partition coefficient (Wildman–Crippen LogP) is 2.86. The molecule has 0 atom stereocenters. The molecule has 6 heteroatoms. The van der Waals surface area contributed by atoms with E-state index in [1.165, 1.54) is 12.1 Å². The van der Waals surface area contributed by atoms with Crippen molar-refractivity contribution in [2.45, 2.75) is 6.54 Å². The molecule has 1 aromatic carbocycles. The van der Waals surface area contributed by atoms with Crippen LogP contribution < -0.4 is 10.5 Å². The van der Waals surface area contributed by atoms with Crippen molar-refractivity contribution in [1.82, 2.24) is 15.2 Å². The molecule has 3 aromatic rings. The van der Waals surface area contributed by atoms with E-state index in [2.05, 4.69) is 15.2 Å². The van der Waals surface area contributed by atoms with Gasteiger partial charge in [0.2, 0.25) is 5.88 Å². The zero-order valence-electron chi connectivity index (χ0n) is 11.1. The van der Waals surface area contributed by atoms with E-state index in [1.807, 2.05) is 12.1 Å². The lowest BCUT2D eigenvalue weighted by Gasteiger charge is -2.06. The van der Waals surface area contributed by atoms with Crippen LogP contribution in [0.1, 0.15) is 5.69 Å². The van der Waals surface area contributed by atoms with Gasteiger partial charge in [0.05, 0.1) is 11.9 Å². The summed E-state index contributed by atoms with van der Waals surface area (Å²) >= 11 is 0. The van der Waals surface area contributed by atoms with E-state index in [0.29, 0.717) is 23.9 Å². The van der Waals surface area contributed by atoms with Crippen molar-refractivity contribution >= 4 is 0 Å². The van der Waals surface area contributed by atoms with Crippen LogP contribution in [0.2, 0.25) is 0 Å². The second kappa shape index (κ2) is 5.72. The highest BCUT2D eigenvalue weighted by atomic mass is 19.1. The zero-order chi connectivity index (χ0) is 14.7. The molecule has 3 N–H and O–H groups in total. The second-order valence-corrected chi connectivity index (χ2v) is 4.39. The number of H-pyrrole nitrogens is 1. The molecule has 0 amide bonds. The molecule has 0 spiro atoms. The first-order valence-electron chi connectivity index (χ1n) is 6.39. The van der Waals surface area contributed by atoms with Gasteiger partial charge in [-0.25, -0.2) is 9.37 Å². The molecule has 106 valence electrons. The molecular weight excluding hydrogens is 271 g/mol. The quantitative estimate of drug-likeness (QED) is 0.772. The number of rotatable bonds is 4. The number of nitrogens with zero attached hydrogens (tertiary/aromatic N) is 2. The van der Waals surface area contributed by atoms with Gasteiger partial charge in [0.15, 0.2) is 5.75 Å². The number of nitrogens with one attached hydrogen (secondary N) is 1. The number of halogens is 1.